The monoisotopic (exact) mass is 248 g/mol. The van der Waals surface area contributed by atoms with Gasteiger partial charge in [-0.3, -0.25) is 9.69 Å². The molecule has 0 bridgehead atoms. The maximum atomic E-state index is 12.3. The largest absolute Gasteiger partial charge is 0.384 e. The predicted octanol–water partition coefficient (Wildman–Crippen LogP) is 0.830. The summed E-state index contributed by atoms with van der Waals surface area (Å²) in [5, 5.41) is 0. The predicted molar refractivity (Wildman–Crippen MR) is 71.3 cm³/mol. The van der Waals surface area contributed by atoms with Crippen LogP contribution in [0.1, 0.15) is 24.2 Å². The van der Waals surface area contributed by atoms with Crippen LogP contribution in [0.3, 0.4) is 0 Å². The number of nitrogens with two attached hydrogens (primary N) is 1. The molecule has 1 aliphatic rings. The minimum Gasteiger partial charge on any atom is -0.384 e. The zero-order valence-corrected chi connectivity index (χ0v) is 11.0. The average Bonchev–Trinajstić information content (AvgIpc) is 2.38. The van der Waals surface area contributed by atoms with E-state index in [1.54, 1.807) is 18.3 Å². The third-order valence-electron chi connectivity index (χ3n) is 3.36. The van der Waals surface area contributed by atoms with E-state index < -0.39 is 0 Å². The van der Waals surface area contributed by atoms with Crippen molar-refractivity contribution in [1.29, 1.82) is 0 Å². The van der Waals surface area contributed by atoms with E-state index in [1.165, 1.54) is 0 Å². The summed E-state index contributed by atoms with van der Waals surface area (Å²) in [5.74, 6) is 0.439. The van der Waals surface area contributed by atoms with Gasteiger partial charge in [-0.1, -0.05) is 0 Å². The van der Waals surface area contributed by atoms with Gasteiger partial charge in [-0.2, -0.15) is 0 Å². The molecule has 98 valence electrons. The standard InChI is InChI=1S/C13H20N4O/c1-10(2)16-5-7-17(8-6-16)13(18)11-3-4-15-12(14)9-11/h3-4,9-10H,5-8H2,1-2H3,(H2,14,15). The molecule has 1 amide bonds. The van der Waals surface area contributed by atoms with Crippen LogP contribution < -0.4 is 5.73 Å². The molecule has 1 saturated heterocycles. The number of anilines is 1. The topological polar surface area (TPSA) is 62.5 Å². The first kappa shape index (κ1) is 12.8. The highest BCUT2D eigenvalue weighted by Gasteiger charge is 2.23. The number of hydrogen-bond acceptors (Lipinski definition) is 4. The lowest BCUT2D eigenvalue weighted by molar-refractivity contribution is 0.0595. The number of carbonyl (C=O) groups is 1. The van der Waals surface area contributed by atoms with Gasteiger partial charge < -0.3 is 10.6 Å². The van der Waals surface area contributed by atoms with E-state index in [-0.39, 0.29) is 5.91 Å². The zero-order valence-electron chi connectivity index (χ0n) is 11.0. The van der Waals surface area contributed by atoms with E-state index in [0.717, 1.165) is 26.2 Å². The highest BCUT2D eigenvalue weighted by molar-refractivity contribution is 5.94. The summed E-state index contributed by atoms with van der Waals surface area (Å²) in [6.07, 6.45) is 1.58. The first-order valence-electron chi connectivity index (χ1n) is 6.33. The van der Waals surface area contributed by atoms with Crippen LogP contribution in [0.5, 0.6) is 0 Å². The first-order valence-corrected chi connectivity index (χ1v) is 6.33. The Morgan fingerprint density at radius 3 is 2.56 bits per heavy atom. The van der Waals surface area contributed by atoms with Gasteiger partial charge in [0.05, 0.1) is 0 Å². The van der Waals surface area contributed by atoms with Crippen LogP contribution in [-0.4, -0.2) is 52.9 Å². The van der Waals surface area contributed by atoms with Crippen LogP contribution in [0.25, 0.3) is 0 Å². The molecule has 0 atom stereocenters. The summed E-state index contributed by atoms with van der Waals surface area (Å²) in [6.45, 7) is 7.79. The van der Waals surface area contributed by atoms with Gasteiger partial charge in [0.25, 0.3) is 5.91 Å². The maximum Gasteiger partial charge on any atom is 0.254 e. The Balaban J connectivity index is 1.99. The van der Waals surface area contributed by atoms with Crippen molar-refractivity contribution in [2.24, 2.45) is 0 Å². The van der Waals surface area contributed by atoms with Gasteiger partial charge in [0, 0.05) is 44.0 Å². The van der Waals surface area contributed by atoms with Crippen molar-refractivity contribution in [3.8, 4) is 0 Å². The molecule has 0 spiro atoms. The quantitative estimate of drug-likeness (QED) is 0.842. The maximum absolute atomic E-state index is 12.3. The molecular weight excluding hydrogens is 228 g/mol. The fraction of sp³-hybridized carbons (Fsp3) is 0.538. The average molecular weight is 248 g/mol. The van der Waals surface area contributed by atoms with Crippen LogP contribution in [0.2, 0.25) is 0 Å². The highest BCUT2D eigenvalue weighted by Crippen LogP contribution is 2.11. The van der Waals surface area contributed by atoms with Crippen molar-refractivity contribution in [3.63, 3.8) is 0 Å². The fourth-order valence-corrected chi connectivity index (χ4v) is 2.21. The molecule has 0 aromatic carbocycles. The van der Waals surface area contributed by atoms with Crippen molar-refractivity contribution in [2.75, 3.05) is 31.9 Å². The molecule has 1 aliphatic heterocycles. The summed E-state index contributed by atoms with van der Waals surface area (Å²) in [6, 6.07) is 3.89. The van der Waals surface area contributed by atoms with Gasteiger partial charge in [0.15, 0.2) is 0 Å². The molecule has 18 heavy (non-hydrogen) atoms. The van der Waals surface area contributed by atoms with E-state index in [2.05, 4.69) is 23.7 Å². The second kappa shape index (κ2) is 5.35. The highest BCUT2D eigenvalue weighted by atomic mass is 16.2. The Bertz CT molecular complexity index is 425. The number of hydrogen-bond donors (Lipinski definition) is 1. The molecule has 0 unspecified atom stereocenters. The van der Waals surface area contributed by atoms with Gasteiger partial charge in [-0.25, -0.2) is 4.98 Å². The minimum absolute atomic E-state index is 0.0486. The molecule has 0 saturated carbocycles. The van der Waals surface area contributed by atoms with Crippen LogP contribution in [0.4, 0.5) is 5.82 Å². The third kappa shape index (κ3) is 2.79. The Morgan fingerprint density at radius 1 is 1.33 bits per heavy atom. The molecule has 2 N–H and O–H groups in total. The number of piperazine rings is 1. The van der Waals surface area contributed by atoms with E-state index in [0.29, 0.717) is 17.4 Å². The number of carbonyl (C=O) groups excluding carboxylic acids is 1. The van der Waals surface area contributed by atoms with Crippen LogP contribution in [-0.2, 0) is 0 Å². The molecule has 1 fully saturated rings. The van der Waals surface area contributed by atoms with Crippen molar-refractivity contribution < 1.29 is 4.79 Å². The summed E-state index contributed by atoms with van der Waals surface area (Å²) in [5.41, 5.74) is 6.22. The minimum atomic E-state index is 0.0486. The normalized spacial score (nSPS) is 17.2. The molecule has 5 heteroatoms. The molecule has 1 aromatic heterocycles. The number of pyridine rings is 1. The molecule has 0 aliphatic carbocycles. The van der Waals surface area contributed by atoms with E-state index >= 15 is 0 Å². The number of aromatic nitrogens is 1. The Kier molecular flexibility index (Phi) is 3.81. The SMILES string of the molecule is CC(C)N1CCN(C(=O)c2ccnc(N)c2)CC1. The molecule has 0 radical (unpaired) electrons. The number of nitrogens with zero attached hydrogens (tertiary/aromatic N) is 3. The van der Waals surface area contributed by atoms with Gasteiger partial charge in [0.1, 0.15) is 5.82 Å². The molecule has 2 heterocycles. The van der Waals surface area contributed by atoms with Gasteiger partial charge in [-0.05, 0) is 26.0 Å². The second-order valence-corrected chi connectivity index (χ2v) is 4.89. The summed E-state index contributed by atoms with van der Waals surface area (Å²) in [4.78, 5) is 20.4. The van der Waals surface area contributed by atoms with Crippen molar-refractivity contribution in [3.05, 3.63) is 23.9 Å². The number of rotatable bonds is 2. The molecular formula is C13H20N4O. The Hall–Kier alpha value is -1.62. The lowest BCUT2D eigenvalue weighted by atomic mass is 10.2. The summed E-state index contributed by atoms with van der Waals surface area (Å²) >= 11 is 0. The van der Waals surface area contributed by atoms with Gasteiger partial charge in [0.2, 0.25) is 0 Å². The Labute approximate surface area is 108 Å². The zero-order chi connectivity index (χ0) is 13.1. The smallest absolute Gasteiger partial charge is 0.254 e. The van der Waals surface area contributed by atoms with Gasteiger partial charge >= 0.3 is 0 Å². The lowest BCUT2D eigenvalue weighted by Crippen LogP contribution is -2.50. The molecule has 5 nitrogen and oxygen atoms in total. The number of nitrogen functional groups attached to an aromatic ring is 1. The third-order valence-corrected chi connectivity index (χ3v) is 3.36. The molecule has 1 aromatic rings. The van der Waals surface area contributed by atoms with Crippen LogP contribution in [0, 0.1) is 0 Å². The van der Waals surface area contributed by atoms with Crippen molar-refractivity contribution >= 4 is 11.7 Å². The van der Waals surface area contributed by atoms with E-state index in [4.69, 9.17) is 5.73 Å². The van der Waals surface area contributed by atoms with Crippen molar-refractivity contribution in [2.45, 2.75) is 19.9 Å². The lowest BCUT2D eigenvalue weighted by Gasteiger charge is -2.36. The van der Waals surface area contributed by atoms with Crippen LogP contribution >= 0.6 is 0 Å². The fourth-order valence-electron chi connectivity index (χ4n) is 2.21. The van der Waals surface area contributed by atoms with Gasteiger partial charge in [-0.15, -0.1) is 0 Å². The summed E-state index contributed by atoms with van der Waals surface area (Å²) in [7, 11) is 0. The Morgan fingerprint density at radius 2 is 2.00 bits per heavy atom. The first-order chi connectivity index (χ1) is 8.58. The van der Waals surface area contributed by atoms with Crippen LogP contribution in [0.15, 0.2) is 18.3 Å². The van der Waals surface area contributed by atoms with E-state index in [9.17, 15) is 4.79 Å². The second-order valence-electron chi connectivity index (χ2n) is 4.89. The van der Waals surface area contributed by atoms with E-state index in [1.807, 2.05) is 4.90 Å². The molecule has 2 rings (SSSR count). The van der Waals surface area contributed by atoms with Crippen molar-refractivity contribution in [1.82, 2.24) is 14.8 Å². The summed E-state index contributed by atoms with van der Waals surface area (Å²) < 4.78 is 0. The number of amides is 1.